The number of hydrogen-bond acceptors (Lipinski definition) is 6. The van der Waals surface area contributed by atoms with Gasteiger partial charge in [-0.15, -0.1) is 0 Å². The fraction of sp³-hybridized carbons (Fsp3) is 0.524. The van der Waals surface area contributed by atoms with Gasteiger partial charge in [0.25, 0.3) is 0 Å². The van der Waals surface area contributed by atoms with E-state index in [0.29, 0.717) is 44.1 Å². The van der Waals surface area contributed by atoms with Gasteiger partial charge in [-0.3, -0.25) is 9.48 Å². The van der Waals surface area contributed by atoms with Crippen LogP contribution in [0, 0.1) is 0 Å². The van der Waals surface area contributed by atoms with E-state index in [1.54, 1.807) is 12.3 Å². The van der Waals surface area contributed by atoms with Crippen molar-refractivity contribution in [1.82, 2.24) is 19.4 Å². The molecule has 0 bridgehead atoms. The lowest BCUT2D eigenvalue weighted by Crippen LogP contribution is -2.47. The number of hydrogen-bond donors (Lipinski definition) is 1. The third kappa shape index (κ3) is 3.57. The van der Waals surface area contributed by atoms with E-state index >= 15 is 0 Å². The molecule has 166 valence electrons. The first-order valence-corrected chi connectivity index (χ1v) is 12.1. The van der Waals surface area contributed by atoms with E-state index in [2.05, 4.69) is 10.4 Å². The Kier molecular flexibility index (Phi) is 5.13. The molecule has 10 heteroatoms. The maximum Gasteiger partial charge on any atom is 0.243 e. The molecule has 2 unspecified atom stereocenters. The molecule has 9 nitrogen and oxygen atoms in total. The molecule has 1 aromatic carbocycles. The molecule has 1 aromatic heterocycles. The second-order valence-corrected chi connectivity index (χ2v) is 10.1. The second-order valence-electron chi connectivity index (χ2n) is 8.20. The lowest BCUT2D eigenvalue weighted by atomic mass is 9.92. The Morgan fingerprint density at radius 1 is 1.16 bits per heavy atom. The first-order chi connectivity index (χ1) is 14.9. The summed E-state index contributed by atoms with van der Waals surface area (Å²) in [6.07, 6.45) is 5.67. The van der Waals surface area contributed by atoms with Gasteiger partial charge in [0.05, 0.1) is 17.1 Å². The Morgan fingerprint density at radius 2 is 1.97 bits per heavy atom. The Bertz CT molecular complexity index is 1110. The minimum Gasteiger partial charge on any atom is -0.486 e. The van der Waals surface area contributed by atoms with Crippen LogP contribution in [0.4, 0.5) is 0 Å². The Labute approximate surface area is 181 Å². The van der Waals surface area contributed by atoms with E-state index in [1.807, 2.05) is 11.7 Å². The van der Waals surface area contributed by atoms with Crippen molar-refractivity contribution in [2.75, 3.05) is 19.8 Å². The number of benzene rings is 1. The fourth-order valence-corrected chi connectivity index (χ4v) is 6.41. The monoisotopic (exact) mass is 446 g/mol. The van der Waals surface area contributed by atoms with Crippen LogP contribution < -0.4 is 14.8 Å². The van der Waals surface area contributed by atoms with Crippen LogP contribution >= 0.6 is 0 Å². The SMILES string of the molecule is Cn1ncc2c1CCCC2NC(=O)C1CCCN1S(=O)(=O)c1ccc2c(c1)OCCO2. The van der Waals surface area contributed by atoms with Crippen LogP contribution in [-0.4, -0.2) is 54.2 Å². The number of rotatable bonds is 4. The zero-order chi connectivity index (χ0) is 21.6. The van der Waals surface area contributed by atoms with Gasteiger partial charge >= 0.3 is 0 Å². The molecule has 0 spiro atoms. The van der Waals surface area contributed by atoms with Crippen molar-refractivity contribution in [3.05, 3.63) is 35.7 Å². The van der Waals surface area contributed by atoms with Crippen LogP contribution in [0.1, 0.15) is 43.0 Å². The second kappa shape index (κ2) is 7.83. The standard InChI is InChI=1S/C21H26N4O5S/c1-24-17-5-2-4-16(15(17)13-22-24)23-21(26)18-6-3-9-25(18)31(27,28)14-7-8-19-20(12-14)30-11-10-29-19/h7-8,12-13,16,18H,2-6,9-11H2,1H3,(H,23,26). The van der Waals surface area contributed by atoms with Crippen LogP contribution in [-0.2, 0) is 28.3 Å². The number of aromatic nitrogens is 2. The number of amides is 1. The molecule has 3 heterocycles. The molecule has 1 fully saturated rings. The van der Waals surface area contributed by atoms with Crippen molar-refractivity contribution in [2.45, 2.75) is 49.1 Å². The fourth-order valence-electron chi connectivity index (χ4n) is 4.73. The Hall–Kier alpha value is -2.59. The summed E-state index contributed by atoms with van der Waals surface area (Å²) < 4.78 is 40.9. The van der Waals surface area contributed by atoms with Crippen molar-refractivity contribution < 1.29 is 22.7 Å². The highest BCUT2D eigenvalue weighted by Gasteiger charge is 2.41. The molecule has 1 saturated heterocycles. The normalized spacial score (nSPS) is 23.4. The highest BCUT2D eigenvalue weighted by atomic mass is 32.2. The first-order valence-electron chi connectivity index (χ1n) is 10.7. The van der Waals surface area contributed by atoms with Gasteiger partial charge < -0.3 is 14.8 Å². The van der Waals surface area contributed by atoms with Crippen molar-refractivity contribution >= 4 is 15.9 Å². The Morgan fingerprint density at radius 3 is 2.81 bits per heavy atom. The molecule has 2 aliphatic heterocycles. The molecule has 1 aliphatic carbocycles. The van der Waals surface area contributed by atoms with Gasteiger partial charge in [-0.2, -0.15) is 9.40 Å². The van der Waals surface area contributed by atoms with E-state index in [1.165, 1.54) is 16.4 Å². The topological polar surface area (TPSA) is 103 Å². The van der Waals surface area contributed by atoms with Crippen LogP contribution in [0.3, 0.4) is 0 Å². The summed E-state index contributed by atoms with van der Waals surface area (Å²) in [5.41, 5.74) is 2.16. The summed E-state index contributed by atoms with van der Waals surface area (Å²) in [5.74, 6) is 0.699. The van der Waals surface area contributed by atoms with Crippen LogP contribution in [0.5, 0.6) is 11.5 Å². The predicted molar refractivity (Wildman–Crippen MR) is 111 cm³/mol. The molecule has 2 atom stereocenters. The average Bonchev–Trinajstić information content (AvgIpc) is 3.42. The summed E-state index contributed by atoms with van der Waals surface area (Å²) in [6, 6.07) is 3.75. The molecule has 1 amide bonds. The smallest absolute Gasteiger partial charge is 0.243 e. The molecule has 0 saturated carbocycles. The number of carbonyl (C=O) groups is 1. The van der Waals surface area contributed by atoms with Gasteiger partial charge in [-0.1, -0.05) is 0 Å². The Balaban J connectivity index is 1.36. The van der Waals surface area contributed by atoms with Crippen molar-refractivity contribution in [1.29, 1.82) is 0 Å². The lowest BCUT2D eigenvalue weighted by Gasteiger charge is -2.28. The van der Waals surface area contributed by atoms with Crippen molar-refractivity contribution in [3.63, 3.8) is 0 Å². The largest absolute Gasteiger partial charge is 0.486 e. The zero-order valence-corrected chi connectivity index (χ0v) is 18.2. The summed E-state index contributed by atoms with van der Waals surface area (Å²) in [6.45, 7) is 1.13. The molecule has 31 heavy (non-hydrogen) atoms. The number of nitrogens with one attached hydrogen (secondary N) is 1. The number of aryl methyl sites for hydroxylation is 1. The molecule has 5 rings (SSSR count). The molecule has 1 N–H and O–H groups in total. The number of carbonyl (C=O) groups excluding carboxylic acids is 1. The van der Waals surface area contributed by atoms with E-state index in [4.69, 9.17) is 9.47 Å². The average molecular weight is 447 g/mol. The number of fused-ring (bicyclic) bond motifs is 2. The van der Waals surface area contributed by atoms with Crippen molar-refractivity contribution in [3.8, 4) is 11.5 Å². The molecule has 3 aliphatic rings. The van der Waals surface area contributed by atoms with Gasteiger partial charge in [0, 0.05) is 30.9 Å². The summed E-state index contributed by atoms with van der Waals surface area (Å²) in [4.78, 5) is 13.3. The third-order valence-electron chi connectivity index (χ3n) is 6.32. The molecular formula is C21H26N4O5S. The van der Waals surface area contributed by atoms with Crippen molar-refractivity contribution in [2.24, 2.45) is 7.05 Å². The highest BCUT2D eigenvalue weighted by molar-refractivity contribution is 7.89. The summed E-state index contributed by atoms with van der Waals surface area (Å²) in [5, 5.41) is 7.41. The lowest BCUT2D eigenvalue weighted by molar-refractivity contribution is -0.125. The summed E-state index contributed by atoms with van der Waals surface area (Å²) >= 11 is 0. The van der Waals surface area contributed by atoms with Crippen LogP contribution in [0.15, 0.2) is 29.3 Å². The first kappa shape index (κ1) is 20.3. The molecular weight excluding hydrogens is 420 g/mol. The predicted octanol–water partition coefficient (Wildman–Crippen LogP) is 1.54. The highest BCUT2D eigenvalue weighted by Crippen LogP contribution is 2.35. The van der Waals surface area contributed by atoms with Crippen LogP contribution in [0.25, 0.3) is 0 Å². The van der Waals surface area contributed by atoms with E-state index in [0.717, 1.165) is 30.5 Å². The molecule has 2 aromatic rings. The number of sulfonamides is 1. The van der Waals surface area contributed by atoms with E-state index < -0.39 is 16.1 Å². The number of nitrogens with zero attached hydrogens (tertiary/aromatic N) is 3. The maximum atomic E-state index is 13.4. The minimum atomic E-state index is -3.84. The van der Waals surface area contributed by atoms with Gasteiger partial charge in [0.1, 0.15) is 19.3 Å². The maximum absolute atomic E-state index is 13.4. The summed E-state index contributed by atoms with van der Waals surface area (Å²) in [7, 11) is -1.94. The van der Waals surface area contributed by atoms with Gasteiger partial charge in [0.2, 0.25) is 15.9 Å². The number of ether oxygens (including phenoxy) is 2. The van der Waals surface area contributed by atoms with Gasteiger partial charge in [-0.05, 0) is 44.2 Å². The quantitative estimate of drug-likeness (QED) is 0.764. The van der Waals surface area contributed by atoms with Gasteiger partial charge in [0.15, 0.2) is 11.5 Å². The molecule has 0 radical (unpaired) electrons. The third-order valence-corrected chi connectivity index (χ3v) is 8.22. The van der Waals surface area contributed by atoms with E-state index in [9.17, 15) is 13.2 Å². The van der Waals surface area contributed by atoms with Gasteiger partial charge in [-0.25, -0.2) is 8.42 Å². The van der Waals surface area contributed by atoms with E-state index in [-0.39, 0.29) is 16.8 Å². The van der Waals surface area contributed by atoms with Crippen LogP contribution in [0.2, 0.25) is 0 Å². The zero-order valence-electron chi connectivity index (χ0n) is 17.4. The minimum absolute atomic E-state index is 0.115.